The molecule has 8 nitrogen and oxygen atoms in total. The maximum Gasteiger partial charge on any atom is 0.336 e. The highest BCUT2D eigenvalue weighted by Crippen LogP contribution is 2.47. The van der Waals surface area contributed by atoms with Crippen molar-refractivity contribution < 1.29 is 33.3 Å². The smallest absolute Gasteiger partial charge is 0.336 e. The molecule has 8 heteroatoms. The van der Waals surface area contributed by atoms with Crippen LogP contribution in [-0.4, -0.2) is 52.9 Å². The number of esters is 1. The highest BCUT2D eigenvalue weighted by atomic mass is 16.6. The summed E-state index contributed by atoms with van der Waals surface area (Å²) in [7, 11) is 4.74. The van der Waals surface area contributed by atoms with Crippen LogP contribution >= 0.6 is 0 Å². The standard InChI is InChI=1S/C30H35NO7/c1-6-37-22-9-7-8-20(14-22)28-27(30(33)38-13-12-34-3)18(2)31-23-15-21(16-24(32)29(23)28)19-10-11-25(35-4)26(17-19)36-5/h7-11,14,17,21,28,31H,6,12-13,15-16H2,1-5H3. The van der Waals surface area contributed by atoms with Crippen molar-refractivity contribution in [2.24, 2.45) is 0 Å². The Bertz CT molecular complexity index is 1260. The van der Waals surface area contributed by atoms with Crippen LogP contribution in [0.15, 0.2) is 65.0 Å². The van der Waals surface area contributed by atoms with Crippen LogP contribution in [0.2, 0.25) is 0 Å². The molecule has 2 aromatic rings. The Hall–Kier alpha value is -3.78. The van der Waals surface area contributed by atoms with Gasteiger partial charge in [0.2, 0.25) is 0 Å². The lowest BCUT2D eigenvalue weighted by atomic mass is 9.71. The predicted molar refractivity (Wildman–Crippen MR) is 143 cm³/mol. The van der Waals surface area contributed by atoms with E-state index in [4.69, 9.17) is 23.7 Å². The lowest BCUT2D eigenvalue weighted by Gasteiger charge is -2.37. The Morgan fingerprint density at radius 2 is 1.76 bits per heavy atom. The molecule has 0 bridgehead atoms. The van der Waals surface area contributed by atoms with Crippen molar-refractivity contribution >= 4 is 11.8 Å². The first-order chi connectivity index (χ1) is 18.4. The molecule has 2 atom stereocenters. The molecule has 38 heavy (non-hydrogen) atoms. The number of Topliss-reactive ketones (excluding diaryl/α,β-unsaturated/α-hetero) is 1. The highest BCUT2D eigenvalue weighted by molar-refractivity contribution is 6.04. The molecule has 4 rings (SSSR count). The van der Waals surface area contributed by atoms with E-state index < -0.39 is 11.9 Å². The van der Waals surface area contributed by atoms with Gasteiger partial charge in [-0.05, 0) is 61.6 Å². The monoisotopic (exact) mass is 521 g/mol. The van der Waals surface area contributed by atoms with E-state index in [-0.39, 0.29) is 24.9 Å². The van der Waals surface area contributed by atoms with Gasteiger partial charge in [0.1, 0.15) is 12.4 Å². The van der Waals surface area contributed by atoms with Crippen molar-refractivity contribution in [1.82, 2.24) is 5.32 Å². The maximum absolute atomic E-state index is 13.8. The Morgan fingerprint density at radius 1 is 0.974 bits per heavy atom. The Kier molecular flexibility index (Phi) is 8.73. The first kappa shape index (κ1) is 27.3. The third-order valence-electron chi connectivity index (χ3n) is 6.95. The minimum atomic E-state index is -0.569. The van der Waals surface area contributed by atoms with E-state index in [0.717, 1.165) is 16.8 Å². The molecule has 0 saturated heterocycles. The van der Waals surface area contributed by atoms with Crippen molar-refractivity contribution in [2.75, 3.05) is 41.2 Å². The van der Waals surface area contributed by atoms with Crippen LogP contribution in [0.25, 0.3) is 0 Å². The van der Waals surface area contributed by atoms with Gasteiger partial charge in [0.05, 0.1) is 33.0 Å². The molecule has 1 aliphatic carbocycles. The van der Waals surface area contributed by atoms with Gasteiger partial charge in [-0.3, -0.25) is 4.79 Å². The van der Waals surface area contributed by atoms with Gasteiger partial charge in [-0.1, -0.05) is 18.2 Å². The predicted octanol–water partition coefficient (Wildman–Crippen LogP) is 4.65. The van der Waals surface area contributed by atoms with Gasteiger partial charge in [0, 0.05) is 36.4 Å². The summed E-state index contributed by atoms with van der Waals surface area (Å²) in [6, 6.07) is 13.3. The fraction of sp³-hybridized carbons (Fsp3) is 0.400. The van der Waals surface area contributed by atoms with E-state index in [9.17, 15) is 9.59 Å². The first-order valence-corrected chi connectivity index (χ1v) is 12.8. The van der Waals surface area contributed by atoms with Crippen molar-refractivity contribution in [1.29, 1.82) is 0 Å². The average molecular weight is 522 g/mol. The number of methoxy groups -OCH3 is 3. The van der Waals surface area contributed by atoms with Crippen molar-refractivity contribution in [2.45, 2.75) is 38.5 Å². The van der Waals surface area contributed by atoms with Gasteiger partial charge >= 0.3 is 5.97 Å². The summed E-state index contributed by atoms with van der Waals surface area (Å²) in [5.41, 5.74) is 4.30. The Balaban J connectivity index is 1.75. The zero-order valence-corrected chi connectivity index (χ0v) is 22.6. The summed E-state index contributed by atoms with van der Waals surface area (Å²) >= 11 is 0. The summed E-state index contributed by atoms with van der Waals surface area (Å²) in [6.07, 6.45) is 0.921. The normalized spacial score (nSPS) is 19.0. The van der Waals surface area contributed by atoms with E-state index in [1.54, 1.807) is 21.3 Å². The fourth-order valence-electron chi connectivity index (χ4n) is 5.23. The number of rotatable bonds is 10. The molecular formula is C30H35NO7. The third-order valence-corrected chi connectivity index (χ3v) is 6.95. The maximum atomic E-state index is 13.8. The zero-order valence-electron chi connectivity index (χ0n) is 22.6. The van der Waals surface area contributed by atoms with Gasteiger partial charge in [-0.25, -0.2) is 4.79 Å². The number of allylic oxidation sites excluding steroid dienone is 3. The number of carbonyl (C=O) groups is 2. The van der Waals surface area contributed by atoms with Crippen LogP contribution in [0.4, 0.5) is 0 Å². The second-order valence-electron chi connectivity index (χ2n) is 9.27. The largest absolute Gasteiger partial charge is 0.494 e. The topological polar surface area (TPSA) is 92.3 Å². The van der Waals surface area contributed by atoms with Crippen LogP contribution < -0.4 is 19.5 Å². The van der Waals surface area contributed by atoms with E-state index in [1.807, 2.05) is 56.3 Å². The summed E-state index contributed by atoms with van der Waals surface area (Å²) in [5.74, 6) is 0.838. The number of hydrogen-bond donors (Lipinski definition) is 1. The number of benzene rings is 2. The second-order valence-corrected chi connectivity index (χ2v) is 9.27. The SMILES string of the molecule is CCOc1cccc(C2C(C(=O)OCCOC)=C(C)NC3=C2C(=O)CC(c2ccc(OC)c(OC)c2)C3)c1. The van der Waals surface area contributed by atoms with E-state index >= 15 is 0 Å². The minimum absolute atomic E-state index is 0.0139. The highest BCUT2D eigenvalue weighted by Gasteiger charge is 2.41. The molecule has 0 radical (unpaired) electrons. The fourth-order valence-corrected chi connectivity index (χ4v) is 5.23. The zero-order chi connectivity index (χ0) is 27.2. The number of carbonyl (C=O) groups excluding carboxylic acids is 2. The van der Waals surface area contributed by atoms with Gasteiger partial charge in [-0.15, -0.1) is 0 Å². The molecule has 2 unspecified atom stereocenters. The number of ether oxygens (including phenoxy) is 5. The lowest BCUT2D eigenvalue weighted by Crippen LogP contribution is -2.36. The molecule has 0 fully saturated rings. The van der Waals surface area contributed by atoms with Crippen LogP contribution in [0, 0.1) is 0 Å². The molecule has 202 valence electrons. The molecule has 1 heterocycles. The molecule has 0 amide bonds. The first-order valence-electron chi connectivity index (χ1n) is 12.8. The molecule has 0 saturated carbocycles. The van der Waals surface area contributed by atoms with E-state index in [2.05, 4.69) is 5.32 Å². The molecule has 0 aromatic heterocycles. The lowest BCUT2D eigenvalue weighted by molar-refractivity contribution is -0.140. The van der Waals surface area contributed by atoms with Gasteiger partial charge < -0.3 is 29.0 Å². The van der Waals surface area contributed by atoms with Crippen molar-refractivity contribution in [3.8, 4) is 17.2 Å². The van der Waals surface area contributed by atoms with Crippen LogP contribution in [0.3, 0.4) is 0 Å². The van der Waals surface area contributed by atoms with Crippen molar-refractivity contribution in [3.05, 3.63) is 76.1 Å². The van der Waals surface area contributed by atoms with Gasteiger partial charge in [-0.2, -0.15) is 0 Å². The Labute approximate surface area is 223 Å². The molecule has 1 aliphatic heterocycles. The number of ketones is 1. The molecule has 2 aromatic carbocycles. The summed E-state index contributed by atoms with van der Waals surface area (Å²) in [5, 5.41) is 3.38. The second kappa shape index (κ2) is 12.2. The number of nitrogens with one attached hydrogen (secondary N) is 1. The molecule has 0 spiro atoms. The van der Waals surface area contributed by atoms with Gasteiger partial charge in [0.25, 0.3) is 0 Å². The Morgan fingerprint density at radius 3 is 2.47 bits per heavy atom. The quantitative estimate of drug-likeness (QED) is 0.357. The van der Waals surface area contributed by atoms with Gasteiger partial charge in [0.15, 0.2) is 17.3 Å². The number of hydrogen-bond acceptors (Lipinski definition) is 8. The van der Waals surface area contributed by atoms with Crippen LogP contribution in [-0.2, 0) is 19.1 Å². The van der Waals surface area contributed by atoms with Crippen molar-refractivity contribution in [3.63, 3.8) is 0 Å². The average Bonchev–Trinajstić information content (AvgIpc) is 2.92. The van der Waals surface area contributed by atoms with Crippen LogP contribution in [0.1, 0.15) is 49.7 Å². The minimum Gasteiger partial charge on any atom is -0.494 e. The molecule has 2 aliphatic rings. The van der Waals surface area contributed by atoms with E-state index in [1.165, 1.54) is 0 Å². The molecular weight excluding hydrogens is 486 g/mol. The van der Waals surface area contributed by atoms with E-state index in [0.29, 0.717) is 53.5 Å². The summed E-state index contributed by atoms with van der Waals surface area (Å²) in [4.78, 5) is 27.1. The summed E-state index contributed by atoms with van der Waals surface area (Å²) < 4.78 is 27.2. The number of dihydropyridines is 1. The summed E-state index contributed by atoms with van der Waals surface area (Å²) in [6.45, 7) is 4.69. The molecule has 1 N–H and O–H groups in total. The van der Waals surface area contributed by atoms with Crippen LogP contribution in [0.5, 0.6) is 17.2 Å². The third kappa shape index (κ3) is 5.55.